The SMILES string of the molecule is COCOc1cc(C(F)(F)F)cc(C)c1-c1cc2cc[nH]c2nn1. The number of methoxy groups -OCH3 is 1. The summed E-state index contributed by atoms with van der Waals surface area (Å²) in [5, 5.41) is 8.93. The van der Waals surface area contributed by atoms with Crippen LogP contribution in [-0.4, -0.2) is 29.1 Å². The molecule has 0 aliphatic rings. The highest BCUT2D eigenvalue weighted by Crippen LogP contribution is 2.39. The van der Waals surface area contributed by atoms with E-state index >= 15 is 0 Å². The van der Waals surface area contributed by atoms with Crippen LogP contribution in [0.25, 0.3) is 22.3 Å². The average Bonchev–Trinajstić information content (AvgIpc) is 2.99. The van der Waals surface area contributed by atoms with Crippen molar-refractivity contribution < 1.29 is 22.6 Å². The number of aryl methyl sites for hydroxylation is 1. The van der Waals surface area contributed by atoms with Crippen LogP contribution in [0.2, 0.25) is 0 Å². The lowest BCUT2D eigenvalue weighted by atomic mass is 10.00. The van der Waals surface area contributed by atoms with Gasteiger partial charge in [-0.15, -0.1) is 10.2 Å². The third kappa shape index (κ3) is 3.05. The fraction of sp³-hybridized carbons (Fsp3) is 0.250. The molecule has 0 saturated heterocycles. The van der Waals surface area contributed by atoms with E-state index in [4.69, 9.17) is 9.47 Å². The first-order chi connectivity index (χ1) is 11.4. The van der Waals surface area contributed by atoms with Crippen LogP contribution in [0.3, 0.4) is 0 Å². The standard InChI is InChI=1S/C16H14F3N3O2/c1-9-5-11(16(17,18)19)7-13(24-8-23-2)14(9)12-6-10-3-4-20-15(10)22-21-12/h3-7H,8H2,1-2H3,(H,20,22). The number of aromatic amines is 1. The Kier molecular flexibility index (Phi) is 4.15. The van der Waals surface area contributed by atoms with Gasteiger partial charge in [0.05, 0.1) is 11.3 Å². The number of hydrogen-bond donors (Lipinski definition) is 1. The van der Waals surface area contributed by atoms with Gasteiger partial charge in [0, 0.05) is 24.3 Å². The Morgan fingerprint density at radius 3 is 2.67 bits per heavy atom. The summed E-state index contributed by atoms with van der Waals surface area (Å²) < 4.78 is 49.3. The molecule has 8 heteroatoms. The lowest BCUT2D eigenvalue weighted by Gasteiger charge is -2.16. The number of fused-ring (bicyclic) bond motifs is 1. The van der Waals surface area contributed by atoms with E-state index in [1.54, 1.807) is 19.2 Å². The van der Waals surface area contributed by atoms with E-state index in [2.05, 4.69) is 15.2 Å². The summed E-state index contributed by atoms with van der Waals surface area (Å²) in [7, 11) is 1.39. The van der Waals surface area contributed by atoms with Crippen molar-refractivity contribution in [2.24, 2.45) is 0 Å². The Morgan fingerprint density at radius 2 is 1.96 bits per heavy atom. The van der Waals surface area contributed by atoms with Gasteiger partial charge in [-0.1, -0.05) is 0 Å². The normalized spacial score (nSPS) is 11.9. The summed E-state index contributed by atoms with van der Waals surface area (Å²) in [6.07, 6.45) is -2.75. The van der Waals surface area contributed by atoms with E-state index < -0.39 is 11.7 Å². The number of halogens is 3. The molecule has 126 valence electrons. The highest BCUT2D eigenvalue weighted by atomic mass is 19.4. The quantitative estimate of drug-likeness (QED) is 0.733. The number of hydrogen-bond acceptors (Lipinski definition) is 4. The minimum absolute atomic E-state index is 0.0494. The number of aromatic nitrogens is 3. The van der Waals surface area contributed by atoms with E-state index in [1.165, 1.54) is 7.11 Å². The molecule has 24 heavy (non-hydrogen) atoms. The molecule has 0 atom stereocenters. The Hall–Kier alpha value is -2.61. The summed E-state index contributed by atoms with van der Waals surface area (Å²) in [5.74, 6) is 0.0494. The van der Waals surface area contributed by atoms with Gasteiger partial charge in [0.25, 0.3) is 0 Å². The molecule has 0 radical (unpaired) electrons. The molecule has 0 saturated carbocycles. The van der Waals surface area contributed by atoms with Crippen molar-refractivity contribution in [3.63, 3.8) is 0 Å². The fourth-order valence-corrected chi connectivity index (χ4v) is 2.46. The Bertz CT molecular complexity index is 875. The second-order valence-corrected chi connectivity index (χ2v) is 5.23. The van der Waals surface area contributed by atoms with E-state index in [9.17, 15) is 13.2 Å². The van der Waals surface area contributed by atoms with Gasteiger partial charge in [-0.05, 0) is 36.8 Å². The lowest BCUT2D eigenvalue weighted by molar-refractivity contribution is -0.137. The highest BCUT2D eigenvalue weighted by molar-refractivity contribution is 5.82. The van der Waals surface area contributed by atoms with Crippen molar-refractivity contribution >= 4 is 11.0 Å². The van der Waals surface area contributed by atoms with Crippen molar-refractivity contribution in [2.45, 2.75) is 13.1 Å². The molecule has 3 aromatic rings. The van der Waals surface area contributed by atoms with Crippen LogP contribution < -0.4 is 4.74 Å². The molecule has 0 fully saturated rings. The predicted molar refractivity (Wildman–Crippen MR) is 81.6 cm³/mol. The second kappa shape index (κ2) is 6.12. The zero-order valence-corrected chi connectivity index (χ0v) is 12.9. The lowest BCUT2D eigenvalue weighted by Crippen LogP contribution is -2.09. The van der Waals surface area contributed by atoms with Crippen molar-refractivity contribution in [1.82, 2.24) is 15.2 Å². The number of nitrogens with zero attached hydrogens (tertiary/aromatic N) is 2. The van der Waals surface area contributed by atoms with Gasteiger partial charge >= 0.3 is 6.18 Å². The van der Waals surface area contributed by atoms with Crippen LogP contribution >= 0.6 is 0 Å². The van der Waals surface area contributed by atoms with Gasteiger partial charge in [0.1, 0.15) is 5.75 Å². The molecule has 0 aliphatic carbocycles. The molecule has 0 amide bonds. The van der Waals surface area contributed by atoms with Crippen LogP contribution in [0.4, 0.5) is 13.2 Å². The topological polar surface area (TPSA) is 60.0 Å². The minimum atomic E-state index is -4.47. The minimum Gasteiger partial charge on any atom is -0.467 e. The molecular weight excluding hydrogens is 323 g/mol. The van der Waals surface area contributed by atoms with E-state index in [1.807, 2.05) is 6.07 Å². The molecule has 0 bridgehead atoms. The molecule has 1 N–H and O–H groups in total. The van der Waals surface area contributed by atoms with Gasteiger partial charge in [-0.25, -0.2) is 0 Å². The van der Waals surface area contributed by atoms with E-state index in [-0.39, 0.29) is 12.5 Å². The number of benzene rings is 1. The largest absolute Gasteiger partial charge is 0.467 e. The zero-order valence-electron chi connectivity index (χ0n) is 12.9. The summed E-state index contributed by atoms with van der Waals surface area (Å²) in [6.45, 7) is 1.40. The maximum atomic E-state index is 13.1. The Labute approximate surface area is 135 Å². The van der Waals surface area contributed by atoms with Crippen LogP contribution in [-0.2, 0) is 10.9 Å². The van der Waals surface area contributed by atoms with Gasteiger partial charge in [-0.3, -0.25) is 0 Å². The van der Waals surface area contributed by atoms with E-state index in [0.29, 0.717) is 22.5 Å². The maximum Gasteiger partial charge on any atom is 0.416 e. The van der Waals surface area contributed by atoms with Crippen molar-refractivity contribution in [3.05, 3.63) is 41.6 Å². The number of ether oxygens (including phenoxy) is 2. The molecule has 5 nitrogen and oxygen atoms in total. The number of alkyl halides is 3. The summed E-state index contributed by atoms with van der Waals surface area (Å²) in [4.78, 5) is 2.92. The smallest absolute Gasteiger partial charge is 0.416 e. The van der Waals surface area contributed by atoms with Crippen LogP contribution in [0.15, 0.2) is 30.5 Å². The van der Waals surface area contributed by atoms with Crippen LogP contribution in [0.1, 0.15) is 11.1 Å². The van der Waals surface area contributed by atoms with Gasteiger partial charge in [0.2, 0.25) is 0 Å². The predicted octanol–water partition coefficient (Wildman–Crippen LogP) is 3.93. The third-order valence-electron chi connectivity index (χ3n) is 3.52. The van der Waals surface area contributed by atoms with Crippen molar-refractivity contribution in [3.8, 4) is 17.0 Å². The van der Waals surface area contributed by atoms with Crippen LogP contribution in [0.5, 0.6) is 5.75 Å². The zero-order chi connectivity index (χ0) is 17.3. The van der Waals surface area contributed by atoms with Crippen molar-refractivity contribution in [1.29, 1.82) is 0 Å². The summed E-state index contributed by atoms with van der Waals surface area (Å²) in [6, 6.07) is 5.57. The summed E-state index contributed by atoms with van der Waals surface area (Å²) >= 11 is 0. The van der Waals surface area contributed by atoms with Crippen molar-refractivity contribution in [2.75, 3.05) is 13.9 Å². The highest BCUT2D eigenvalue weighted by Gasteiger charge is 2.32. The number of nitrogens with one attached hydrogen (secondary N) is 1. The third-order valence-corrected chi connectivity index (χ3v) is 3.52. The fourth-order valence-electron chi connectivity index (χ4n) is 2.46. The molecule has 2 heterocycles. The maximum absolute atomic E-state index is 13.1. The van der Waals surface area contributed by atoms with E-state index in [0.717, 1.165) is 17.5 Å². The van der Waals surface area contributed by atoms with Gasteiger partial charge in [-0.2, -0.15) is 13.2 Å². The number of H-pyrrole nitrogens is 1. The molecule has 2 aromatic heterocycles. The Morgan fingerprint density at radius 1 is 1.17 bits per heavy atom. The second-order valence-electron chi connectivity index (χ2n) is 5.23. The molecule has 1 aromatic carbocycles. The monoisotopic (exact) mass is 337 g/mol. The molecule has 0 unspecified atom stereocenters. The average molecular weight is 337 g/mol. The van der Waals surface area contributed by atoms with Crippen LogP contribution in [0, 0.1) is 6.92 Å². The first-order valence-corrected chi connectivity index (χ1v) is 7.05. The molecular formula is C16H14F3N3O2. The molecule has 0 aliphatic heterocycles. The Balaban J connectivity index is 2.17. The van der Waals surface area contributed by atoms with Gasteiger partial charge < -0.3 is 14.5 Å². The summed E-state index contributed by atoms with van der Waals surface area (Å²) in [5.41, 5.74) is 1.09. The van der Waals surface area contributed by atoms with Gasteiger partial charge in [0.15, 0.2) is 12.4 Å². The number of rotatable bonds is 4. The molecule has 0 spiro atoms. The first kappa shape index (κ1) is 16.3. The first-order valence-electron chi connectivity index (χ1n) is 7.05. The molecule has 3 rings (SSSR count).